The molecule has 0 fully saturated rings. The molecule has 0 amide bonds. The van der Waals surface area contributed by atoms with Crippen molar-refractivity contribution in [3.63, 3.8) is 0 Å². The van der Waals surface area contributed by atoms with Gasteiger partial charge < -0.3 is 10.8 Å². The van der Waals surface area contributed by atoms with Crippen LogP contribution in [0.4, 0.5) is 0 Å². The third-order valence-corrected chi connectivity index (χ3v) is 1.49. The van der Waals surface area contributed by atoms with Crippen molar-refractivity contribution in [1.29, 1.82) is 0 Å². The summed E-state index contributed by atoms with van der Waals surface area (Å²) in [5.41, 5.74) is 4.76. The molecule has 0 aliphatic heterocycles. The number of rotatable bonds is 3. The van der Waals surface area contributed by atoms with Crippen molar-refractivity contribution in [3.8, 4) is 0 Å². The minimum absolute atomic E-state index is 0. The van der Waals surface area contributed by atoms with Crippen molar-refractivity contribution < 1.29 is 39.9 Å². The monoisotopic (exact) mass is 224 g/mol. The second-order valence-electron chi connectivity index (χ2n) is 1.69. The minimum atomic E-state index is -4.27. The first-order valence-corrected chi connectivity index (χ1v) is 3.87. The van der Waals surface area contributed by atoms with Gasteiger partial charge in [0.1, 0.15) is 11.8 Å². The normalized spacial score (nSPS) is 13.3. The van der Waals surface area contributed by atoms with Crippen LogP contribution in [0.15, 0.2) is 0 Å². The molecule has 4 N–H and O–H groups in total. The van der Waals surface area contributed by atoms with Crippen molar-refractivity contribution >= 4 is 16.1 Å². The average molecular weight is 224 g/mol. The summed E-state index contributed by atoms with van der Waals surface area (Å²) in [6.45, 7) is 0. The van der Waals surface area contributed by atoms with Crippen LogP contribution in [0.1, 0.15) is 0 Å². The van der Waals surface area contributed by atoms with Crippen LogP contribution in [-0.2, 0) is 32.0 Å². The van der Waals surface area contributed by atoms with Crippen molar-refractivity contribution in [2.24, 2.45) is 5.73 Å². The molecule has 0 heterocycles. The third-order valence-electron chi connectivity index (χ3n) is 0.707. The van der Waals surface area contributed by atoms with E-state index in [1.54, 1.807) is 0 Å². The Kier molecular flexibility index (Phi) is 5.72. The molecule has 0 aromatic heterocycles. The molecule has 0 spiro atoms. The molecule has 0 saturated carbocycles. The molecule has 0 aromatic carbocycles. The van der Waals surface area contributed by atoms with E-state index < -0.39 is 27.9 Å². The van der Waals surface area contributed by atoms with Crippen molar-refractivity contribution in [3.05, 3.63) is 0 Å². The Morgan fingerprint density at radius 2 is 1.91 bits per heavy atom. The summed E-state index contributed by atoms with van der Waals surface area (Å²) in [5, 5.41) is 8.04. The second kappa shape index (κ2) is 4.68. The van der Waals surface area contributed by atoms with E-state index >= 15 is 0 Å². The van der Waals surface area contributed by atoms with E-state index in [0.29, 0.717) is 0 Å². The van der Waals surface area contributed by atoms with Gasteiger partial charge in [-0.05, 0) is 0 Å². The number of carboxylic acids is 1. The largest absolute Gasteiger partial charge is 0.480 e. The van der Waals surface area contributed by atoms with Gasteiger partial charge in [0, 0.05) is 17.1 Å². The molecule has 8 heteroatoms. The van der Waals surface area contributed by atoms with Crippen LogP contribution in [0.3, 0.4) is 0 Å². The number of hydrogen-bond acceptors (Lipinski definition) is 4. The molecule has 0 aliphatic rings. The molecule has 0 rings (SSSR count). The Bertz CT molecular complexity index is 224. The first-order chi connectivity index (χ1) is 4.33. The topological polar surface area (TPSA) is 118 Å². The zero-order chi connectivity index (χ0) is 8.36. The molecule has 0 aromatic rings. The van der Waals surface area contributed by atoms with Gasteiger partial charge in [-0.15, -0.1) is 0 Å². The molecular formula is C3H7MnNO5S. The van der Waals surface area contributed by atoms with E-state index in [9.17, 15) is 13.2 Å². The molecule has 1 atom stereocenters. The fourth-order valence-corrected chi connectivity index (χ4v) is 0.895. The molecule has 0 bridgehead atoms. The van der Waals surface area contributed by atoms with Crippen LogP contribution in [0.5, 0.6) is 0 Å². The summed E-state index contributed by atoms with van der Waals surface area (Å²) >= 11 is 0. The van der Waals surface area contributed by atoms with E-state index in [-0.39, 0.29) is 17.1 Å². The first-order valence-electron chi connectivity index (χ1n) is 2.26. The SMILES string of the molecule is N[C@H](CS(=O)(=O)O)C(=O)O.[Mn]. The summed E-state index contributed by atoms with van der Waals surface area (Å²) in [4.78, 5) is 9.88. The van der Waals surface area contributed by atoms with Crippen LogP contribution < -0.4 is 5.73 Å². The van der Waals surface area contributed by atoms with Gasteiger partial charge in [-0.1, -0.05) is 0 Å². The van der Waals surface area contributed by atoms with Gasteiger partial charge >= 0.3 is 5.97 Å². The minimum Gasteiger partial charge on any atom is -0.480 e. The molecule has 0 aliphatic carbocycles. The van der Waals surface area contributed by atoms with Crippen molar-refractivity contribution in [2.75, 3.05) is 5.75 Å². The quantitative estimate of drug-likeness (QED) is 0.387. The Morgan fingerprint density at radius 3 is 2.00 bits per heavy atom. The molecule has 11 heavy (non-hydrogen) atoms. The molecule has 6 nitrogen and oxygen atoms in total. The Balaban J connectivity index is 0. The van der Waals surface area contributed by atoms with Crippen molar-refractivity contribution in [2.45, 2.75) is 6.04 Å². The summed E-state index contributed by atoms with van der Waals surface area (Å²) in [5.74, 6) is -2.42. The molecule has 1 radical (unpaired) electrons. The zero-order valence-corrected chi connectivity index (χ0v) is 7.26. The van der Waals surface area contributed by atoms with E-state index in [1.165, 1.54) is 0 Å². The van der Waals surface area contributed by atoms with Crippen LogP contribution in [0.2, 0.25) is 0 Å². The number of carboxylic acid groups (broad SMARTS) is 1. The summed E-state index contributed by atoms with van der Waals surface area (Å²) in [6.07, 6.45) is 0. The second-order valence-corrected chi connectivity index (χ2v) is 3.19. The van der Waals surface area contributed by atoms with E-state index in [1.807, 2.05) is 0 Å². The number of hydrogen-bond donors (Lipinski definition) is 3. The van der Waals surface area contributed by atoms with Gasteiger partial charge in [0.15, 0.2) is 0 Å². The maximum atomic E-state index is 9.96. The zero-order valence-electron chi connectivity index (χ0n) is 5.27. The maximum absolute atomic E-state index is 9.96. The van der Waals surface area contributed by atoms with E-state index in [4.69, 9.17) is 15.4 Å². The molecule has 0 saturated heterocycles. The molecule has 0 unspecified atom stereocenters. The third kappa shape index (κ3) is 7.76. The van der Waals surface area contributed by atoms with Crippen molar-refractivity contribution in [1.82, 2.24) is 0 Å². The first kappa shape index (κ1) is 13.4. The van der Waals surface area contributed by atoms with E-state index in [2.05, 4.69) is 0 Å². The number of aliphatic carboxylic acids is 1. The van der Waals surface area contributed by atoms with Crippen LogP contribution in [0.25, 0.3) is 0 Å². The Morgan fingerprint density at radius 1 is 1.55 bits per heavy atom. The smallest absolute Gasteiger partial charge is 0.321 e. The van der Waals surface area contributed by atoms with Crippen LogP contribution >= 0.6 is 0 Å². The average Bonchev–Trinajstić information content (AvgIpc) is 1.60. The summed E-state index contributed by atoms with van der Waals surface area (Å²) < 4.78 is 28.0. The Hall–Kier alpha value is -0.141. The van der Waals surface area contributed by atoms with E-state index in [0.717, 1.165) is 0 Å². The summed E-state index contributed by atoms with van der Waals surface area (Å²) in [6, 6.07) is -1.56. The predicted octanol–water partition coefficient (Wildman–Crippen LogP) is -1.72. The fraction of sp³-hybridized carbons (Fsp3) is 0.667. The van der Waals surface area contributed by atoms with Gasteiger partial charge in [0.05, 0.1) is 0 Å². The fourth-order valence-electron chi connectivity index (χ4n) is 0.298. The summed E-state index contributed by atoms with van der Waals surface area (Å²) in [7, 11) is -4.27. The number of carbonyl (C=O) groups is 1. The van der Waals surface area contributed by atoms with Gasteiger partial charge in [0.2, 0.25) is 0 Å². The number of nitrogens with two attached hydrogens (primary N) is 1. The maximum Gasteiger partial charge on any atom is 0.321 e. The Labute approximate surface area is 74.0 Å². The standard InChI is InChI=1S/C3H7NO5S.Mn/c4-2(3(5)6)1-10(7,8)9;/h2H,1,4H2,(H,5,6)(H,7,8,9);/t2-;/m1./s1. The van der Waals surface area contributed by atoms with Gasteiger partial charge in [-0.25, -0.2) is 0 Å². The van der Waals surface area contributed by atoms with Gasteiger partial charge in [-0.3, -0.25) is 9.35 Å². The van der Waals surface area contributed by atoms with Crippen LogP contribution in [0, 0.1) is 0 Å². The van der Waals surface area contributed by atoms with Crippen LogP contribution in [-0.4, -0.2) is 35.8 Å². The van der Waals surface area contributed by atoms with Gasteiger partial charge in [-0.2, -0.15) is 8.42 Å². The van der Waals surface area contributed by atoms with Gasteiger partial charge in [0.25, 0.3) is 10.1 Å². The molecule has 67 valence electrons. The molecular weight excluding hydrogens is 217 g/mol. The predicted molar refractivity (Wildman–Crippen MR) is 32.0 cm³/mol.